The summed E-state index contributed by atoms with van der Waals surface area (Å²) in [5.74, 6) is -1.28. The van der Waals surface area contributed by atoms with Crippen LogP contribution in [0.2, 0.25) is 0 Å². The molecule has 84 valence electrons. The van der Waals surface area contributed by atoms with E-state index in [1.54, 1.807) is 6.92 Å². The van der Waals surface area contributed by atoms with Crippen LogP contribution in [0.1, 0.15) is 13.3 Å². The predicted octanol–water partition coefficient (Wildman–Crippen LogP) is 1.16. The highest BCUT2D eigenvalue weighted by atomic mass is 16.6. The van der Waals surface area contributed by atoms with Crippen molar-refractivity contribution in [1.82, 2.24) is 0 Å². The fourth-order valence-electron chi connectivity index (χ4n) is 0.862. The zero-order valence-corrected chi connectivity index (χ0v) is 8.60. The molecular formula is C10H14O5. The Bertz CT molecular complexity index is 246. The molecule has 0 bridgehead atoms. The van der Waals surface area contributed by atoms with Gasteiger partial charge in [-0.25, -0.2) is 4.79 Å². The van der Waals surface area contributed by atoms with E-state index in [9.17, 15) is 9.59 Å². The smallest absolute Gasteiger partial charge is 0.340 e. The Morgan fingerprint density at radius 3 is 2.33 bits per heavy atom. The van der Waals surface area contributed by atoms with Crippen molar-refractivity contribution in [3.8, 4) is 0 Å². The number of ether oxygens (including phenoxy) is 3. The molecule has 5 heteroatoms. The first-order valence-electron chi connectivity index (χ1n) is 4.39. The van der Waals surface area contributed by atoms with Crippen LogP contribution < -0.4 is 0 Å². The van der Waals surface area contributed by atoms with Crippen LogP contribution in [0, 0.1) is 0 Å². The second-order valence-corrected chi connectivity index (χ2v) is 2.41. The first-order valence-corrected chi connectivity index (χ1v) is 4.39. The molecule has 0 aromatic heterocycles. The average Bonchev–Trinajstić information content (AvgIpc) is 2.18. The van der Waals surface area contributed by atoms with Crippen LogP contribution in [0.5, 0.6) is 0 Å². The lowest BCUT2D eigenvalue weighted by atomic mass is 10.2. The molecule has 0 spiro atoms. The molecule has 0 aliphatic heterocycles. The maximum atomic E-state index is 11.2. The van der Waals surface area contributed by atoms with Crippen molar-refractivity contribution in [2.24, 2.45) is 0 Å². The molecule has 0 aliphatic rings. The van der Waals surface area contributed by atoms with Gasteiger partial charge < -0.3 is 14.2 Å². The molecule has 0 radical (unpaired) electrons. The van der Waals surface area contributed by atoms with E-state index in [0.717, 1.165) is 12.5 Å². The molecule has 0 N–H and O–H groups in total. The number of rotatable bonds is 7. The Balaban J connectivity index is 4.24. The summed E-state index contributed by atoms with van der Waals surface area (Å²) in [5, 5.41) is 0. The Morgan fingerprint density at radius 1 is 1.27 bits per heavy atom. The Hall–Kier alpha value is -1.62. The quantitative estimate of drug-likeness (QED) is 0.470. The zero-order valence-electron chi connectivity index (χ0n) is 8.60. The van der Waals surface area contributed by atoms with E-state index in [1.165, 1.54) is 0 Å². The number of esters is 2. The van der Waals surface area contributed by atoms with E-state index in [1.807, 2.05) is 0 Å². The molecule has 0 fully saturated rings. The van der Waals surface area contributed by atoms with Crippen LogP contribution in [0.3, 0.4) is 0 Å². The predicted molar refractivity (Wildman–Crippen MR) is 52.6 cm³/mol. The van der Waals surface area contributed by atoms with Gasteiger partial charge in [0.25, 0.3) is 0 Å². The molecule has 0 saturated carbocycles. The summed E-state index contributed by atoms with van der Waals surface area (Å²) in [6.07, 6.45) is 0.782. The van der Waals surface area contributed by atoms with E-state index >= 15 is 0 Å². The first kappa shape index (κ1) is 13.4. The lowest BCUT2D eigenvalue weighted by Crippen LogP contribution is -2.28. The number of carbonyl (C=O) groups excluding carboxylic acids is 2. The van der Waals surface area contributed by atoms with Crippen molar-refractivity contribution in [1.29, 1.82) is 0 Å². The summed E-state index contributed by atoms with van der Waals surface area (Å²) < 4.78 is 14.0. The zero-order chi connectivity index (χ0) is 11.7. The molecule has 0 amide bonds. The SMILES string of the molecule is C=COC(=O)CC(OCC)C(=O)OC=C. The molecule has 15 heavy (non-hydrogen) atoms. The van der Waals surface area contributed by atoms with Crippen LogP contribution in [-0.2, 0) is 23.8 Å². The van der Waals surface area contributed by atoms with E-state index in [2.05, 4.69) is 22.6 Å². The van der Waals surface area contributed by atoms with Gasteiger partial charge in [0.1, 0.15) is 0 Å². The third-order valence-corrected chi connectivity index (χ3v) is 1.40. The Morgan fingerprint density at radius 2 is 1.87 bits per heavy atom. The molecule has 0 aromatic rings. The summed E-state index contributed by atoms with van der Waals surface area (Å²) in [5.41, 5.74) is 0. The highest BCUT2D eigenvalue weighted by Gasteiger charge is 2.23. The van der Waals surface area contributed by atoms with Crippen molar-refractivity contribution in [3.63, 3.8) is 0 Å². The number of hydrogen-bond donors (Lipinski definition) is 0. The maximum absolute atomic E-state index is 11.2. The van der Waals surface area contributed by atoms with E-state index in [-0.39, 0.29) is 13.0 Å². The summed E-state index contributed by atoms with van der Waals surface area (Å²) in [7, 11) is 0. The average molecular weight is 214 g/mol. The minimum atomic E-state index is -0.972. The van der Waals surface area contributed by atoms with Crippen molar-refractivity contribution >= 4 is 11.9 Å². The molecule has 1 atom stereocenters. The van der Waals surface area contributed by atoms with Gasteiger partial charge in [0.2, 0.25) is 0 Å². The van der Waals surface area contributed by atoms with Gasteiger partial charge in [-0.3, -0.25) is 4.79 Å². The monoisotopic (exact) mass is 214 g/mol. The van der Waals surface area contributed by atoms with Crippen molar-refractivity contribution < 1.29 is 23.8 Å². The van der Waals surface area contributed by atoms with Gasteiger partial charge in [-0.2, -0.15) is 0 Å². The number of carbonyl (C=O) groups is 2. The summed E-state index contributed by atoms with van der Waals surface area (Å²) in [4.78, 5) is 22.3. The maximum Gasteiger partial charge on any atom is 0.340 e. The van der Waals surface area contributed by atoms with Gasteiger partial charge in [0.05, 0.1) is 18.9 Å². The lowest BCUT2D eigenvalue weighted by Gasteiger charge is -2.12. The standard InChI is InChI=1S/C10H14O5/c1-4-13-8(10(12)15-6-3)7-9(11)14-5-2/h5-6,8H,2-4,7H2,1H3. The van der Waals surface area contributed by atoms with Crippen LogP contribution in [-0.4, -0.2) is 24.6 Å². The van der Waals surface area contributed by atoms with Gasteiger partial charge in [0.15, 0.2) is 6.10 Å². The molecule has 0 rings (SSSR count). The van der Waals surface area contributed by atoms with Crippen molar-refractivity contribution in [2.75, 3.05) is 6.61 Å². The van der Waals surface area contributed by atoms with E-state index in [4.69, 9.17) is 4.74 Å². The van der Waals surface area contributed by atoms with Crippen LogP contribution in [0.4, 0.5) is 0 Å². The van der Waals surface area contributed by atoms with E-state index in [0.29, 0.717) is 0 Å². The highest BCUT2D eigenvalue weighted by Crippen LogP contribution is 2.04. The first-order chi connectivity index (χ1) is 7.15. The summed E-state index contributed by atoms with van der Waals surface area (Å²) in [6.45, 7) is 8.44. The fraction of sp³-hybridized carbons (Fsp3) is 0.400. The van der Waals surface area contributed by atoms with Crippen molar-refractivity contribution in [3.05, 3.63) is 25.7 Å². The second kappa shape index (κ2) is 7.75. The Kier molecular flexibility index (Phi) is 6.92. The lowest BCUT2D eigenvalue weighted by molar-refractivity contribution is -0.157. The largest absolute Gasteiger partial charge is 0.435 e. The normalized spacial score (nSPS) is 11.3. The van der Waals surface area contributed by atoms with Crippen LogP contribution >= 0.6 is 0 Å². The second-order valence-electron chi connectivity index (χ2n) is 2.41. The third kappa shape index (κ3) is 5.64. The third-order valence-electron chi connectivity index (χ3n) is 1.40. The van der Waals surface area contributed by atoms with Crippen molar-refractivity contribution in [2.45, 2.75) is 19.4 Å². The summed E-state index contributed by atoms with van der Waals surface area (Å²) in [6, 6.07) is 0. The summed E-state index contributed by atoms with van der Waals surface area (Å²) >= 11 is 0. The van der Waals surface area contributed by atoms with Gasteiger partial charge in [0, 0.05) is 6.61 Å². The van der Waals surface area contributed by atoms with E-state index < -0.39 is 18.0 Å². The van der Waals surface area contributed by atoms with Crippen LogP contribution in [0.15, 0.2) is 25.7 Å². The topological polar surface area (TPSA) is 61.8 Å². The molecule has 0 heterocycles. The molecule has 0 saturated heterocycles. The molecular weight excluding hydrogens is 200 g/mol. The van der Waals surface area contributed by atoms with Crippen LogP contribution in [0.25, 0.3) is 0 Å². The van der Waals surface area contributed by atoms with Gasteiger partial charge in [-0.05, 0) is 6.92 Å². The molecule has 0 aromatic carbocycles. The minimum Gasteiger partial charge on any atom is -0.435 e. The van der Waals surface area contributed by atoms with Gasteiger partial charge in [-0.1, -0.05) is 13.2 Å². The molecule has 5 nitrogen and oxygen atoms in total. The Labute approximate surface area is 88.3 Å². The molecule has 1 unspecified atom stereocenters. The number of hydrogen-bond acceptors (Lipinski definition) is 5. The highest BCUT2D eigenvalue weighted by molar-refractivity contribution is 5.82. The minimum absolute atomic E-state index is 0.216. The van der Waals surface area contributed by atoms with Gasteiger partial charge in [-0.15, -0.1) is 0 Å². The fourth-order valence-corrected chi connectivity index (χ4v) is 0.862. The molecule has 0 aliphatic carbocycles. The van der Waals surface area contributed by atoms with Gasteiger partial charge >= 0.3 is 11.9 Å².